The van der Waals surface area contributed by atoms with E-state index < -0.39 is 0 Å². The molecule has 0 saturated carbocycles. The van der Waals surface area contributed by atoms with Crippen molar-refractivity contribution >= 4 is 27.5 Å². The molecule has 0 spiro atoms. The van der Waals surface area contributed by atoms with Crippen LogP contribution in [0.1, 0.15) is 25.3 Å². The molecule has 0 bridgehead atoms. The number of fused-ring (bicyclic) bond motifs is 1. The van der Waals surface area contributed by atoms with E-state index in [2.05, 4.69) is 16.4 Å². The minimum atomic E-state index is -0.186. The Bertz CT molecular complexity index is 596. The Morgan fingerprint density at radius 2 is 2.22 bits per heavy atom. The molecular weight excluding hydrogens is 310 g/mol. The third-order valence-corrected chi connectivity index (χ3v) is 4.75. The summed E-state index contributed by atoms with van der Waals surface area (Å²) in [6, 6.07) is 7.92. The fourth-order valence-corrected chi connectivity index (χ4v) is 3.25. The summed E-state index contributed by atoms with van der Waals surface area (Å²) in [5.74, 6) is 0.0464. The number of hydrogen-bond donors (Lipinski definition) is 1. The highest BCUT2D eigenvalue weighted by molar-refractivity contribution is 7.18. The highest BCUT2D eigenvalue weighted by Gasteiger charge is 2.18. The number of carbonyl (C=O) groups excluding carboxylic acids is 1. The van der Waals surface area contributed by atoms with Crippen molar-refractivity contribution in [1.82, 2.24) is 15.2 Å². The standard InChI is InChI=1S/C17H25N3O2S/c1-4-22-11-7-10-18-17(21)13(2)20(3)12-16-19-14-8-5-6-9-15(14)23-16/h5-6,8-9,13H,4,7,10-12H2,1-3H3,(H,18,21). The molecule has 0 aliphatic heterocycles. The fraction of sp³-hybridized carbons (Fsp3) is 0.529. The average Bonchev–Trinajstić information content (AvgIpc) is 2.95. The number of nitrogens with zero attached hydrogens (tertiary/aromatic N) is 2. The lowest BCUT2D eigenvalue weighted by Gasteiger charge is -2.22. The van der Waals surface area contributed by atoms with Crippen molar-refractivity contribution in [1.29, 1.82) is 0 Å². The van der Waals surface area contributed by atoms with Gasteiger partial charge in [-0.15, -0.1) is 11.3 Å². The molecule has 1 aromatic carbocycles. The maximum atomic E-state index is 12.2. The van der Waals surface area contributed by atoms with Crippen LogP contribution in [0.5, 0.6) is 0 Å². The summed E-state index contributed by atoms with van der Waals surface area (Å²) in [7, 11) is 1.95. The summed E-state index contributed by atoms with van der Waals surface area (Å²) in [5, 5.41) is 3.99. The Hall–Kier alpha value is -1.50. The Kier molecular flexibility index (Phi) is 6.95. The summed E-state index contributed by atoms with van der Waals surface area (Å²) in [6.07, 6.45) is 0.841. The lowest BCUT2D eigenvalue weighted by atomic mass is 10.2. The third kappa shape index (κ3) is 5.27. The molecule has 5 nitrogen and oxygen atoms in total. The number of ether oxygens (including phenoxy) is 1. The zero-order chi connectivity index (χ0) is 16.7. The monoisotopic (exact) mass is 335 g/mol. The molecule has 23 heavy (non-hydrogen) atoms. The number of benzene rings is 1. The smallest absolute Gasteiger partial charge is 0.237 e. The lowest BCUT2D eigenvalue weighted by molar-refractivity contribution is -0.125. The molecule has 1 amide bonds. The van der Waals surface area contributed by atoms with Gasteiger partial charge in [-0.1, -0.05) is 12.1 Å². The third-order valence-electron chi connectivity index (χ3n) is 3.73. The second-order valence-corrected chi connectivity index (χ2v) is 6.62. The second kappa shape index (κ2) is 8.96. The van der Waals surface area contributed by atoms with E-state index in [1.807, 2.05) is 44.0 Å². The van der Waals surface area contributed by atoms with Crippen molar-refractivity contribution in [3.63, 3.8) is 0 Å². The molecule has 1 unspecified atom stereocenters. The number of hydrogen-bond acceptors (Lipinski definition) is 5. The van der Waals surface area contributed by atoms with Gasteiger partial charge < -0.3 is 10.1 Å². The number of amides is 1. The number of aromatic nitrogens is 1. The second-order valence-electron chi connectivity index (χ2n) is 5.51. The molecule has 0 saturated heterocycles. The first kappa shape index (κ1) is 17.8. The minimum absolute atomic E-state index is 0.0464. The van der Waals surface area contributed by atoms with Crippen LogP contribution in [0.2, 0.25) is 0 Å². The summed E-state index contributed by atoms with van der Waals surface area (Å²) < 4.78 is 6.45. The van der Waals surface area contributed by atoms with Crippen LogP contribution in [0.15, 0.2) is 24.3 Å². The first-order chi connectivity index (χ1) is 11.1. The van der Waals surface area contributed by atoms with E-state index in [1.165, 1.54) is 4.70 Å². The zero-order valence-electron chi connectivity index (χ0n) is 14.0. The van der Waals surface area contributed by atoms with Gasteiger partial charge in [0.05, 0.1) is 22.8 Å². The maximum Gasteiger partial charge on any atom is 0.237 e. The lowest BCUT2D eigenvalue weighted by Crippen LogP contribution is -2.43. The number of rotatable bonds is 9. The molecule has 0 aliphatic rings. The van der Waals surface area contributed by atoms with Crippen molar-refractivity contribution < 1.29 is 9.53 Å². The van der Waals surface area contributed by atoms with Crippen LogP contribution in [0.4, 0.5) is 0 Å². The molecule has 2 rings (SSSR count). The van der Waals surface area contributed by atoms with Gasteiger partial charge in [-0.2, -0.15) is 0 Å². The van der Waals surface area contributed by atoms with Gasteiger partial charge >= 0.3 is 0 Å². The summed E-state index contributed by atoms with van der Waals surface area (Å²) in [4.78, 5) is 18.8. The van der Waals surface area contributed by atoms with Gasteiger partial charge in [0.2, 0.25) is 5.91 Å². The molecule has 1 heterocycles. The molecule has 1 atom stereocenters. The Labute approximate surface area is 141 Å². The number of carbonyl (C=O) groups is 1. The predicted octanol–water partition coefficient (Wildman–Crippen LogP) is 2.66. The number of thiazole rings is 1. The zero-order valence-corrected chi connectivity index (χ0v) is 14.9. The van der Waals surface area contributed by atoms with E-state index in [9.17, 15) is 4.79 Å². The Balaban J connectivity index is 1.81. The largest absolute Gasteiger partial charge is 0.382 e. The van der Waals surface area contributed by atoms with Gasteiger partial charge in [0.1, 0.15) is 5.01 Å². The van der Waals surface area contributed by atoms with Gasteiger partial charge in [0.25, 0.3) is 0 Å². The number of likely N-dealkylation sites (N-methyl/N-ethyl adjacent to an activating group) is 1. The van der Waals surface area contributed by atoms with Crippen molar-refractivity contribution in [3.05, 3.63) is 29.3 Å². The van der Waals surface area contributed by atoms with Crippen LogP contribution in [0.25, 0.3) is 10.2 Å². The van der Waals surface area contributed by atoms with Gasteiger partial charge in [-0.3, -0.25) is 9.69 Å². The number of nitrogens with one attached hydrogen (secondary N) is 1. The van der Waals surface area contributed by atoms with Crippen LogP contribution in [0, 0.1) is 0 Å². The molecule has 0 aliphatic carbocycles. The summed E-state index contributed by atoms with van der Waals surface area (Å²) in [6.45, 7) is 6.62. The van der Waals surface area contributed by atoms with Crippen LogP contribution >= 0.6 is 11.3 Å². The van der Waals surface area contributed by atoms with Crippen LogP contribution in [0.3, 0.4) is 0 Å². The molecular formula is C17H25N3O2S. The van der Waals surface area contributed by atoms with E-state index in [1.54, 1.807) is 11.3 Å². The Morgan fingerprint density at radius 1 is 1.43 bits per heavy atom. The van der Waals surface area contributed by atoms with Gasteiger partial charge in [0, 0.05) is 19.8 Å². The molecule has 6 heteroatoms. The van der Waals surface area contributed by atoms with E-state index in [0.717, 1.165) is 23.6 Å². The van der Waals surface area contributed by atoms with E-state index >= 15 is 0 Å². The normalized spacial score (nSPS) is 12.7. The van der Waals surface area contributed by atoms with Crippen LogP contribution < -0.4 is 5.32 Å². The van der Waals surface area contributed by atoms with Gasteiger partial charge in [-0.05, 0) is 39.4 Å². The minimum Gasteiger partial charge on any atom is -0.382 e. The SMILES string of the molecule is CCOCCCNC(=O)C(C)N(C)Cc1nc2ccccc2s1. The molecule has 2 aromatic rings. The van der Waals surface area contributed by atoms with Gasteiger partial charge in [-0.25, -0.2) is 4.98 Å². The highest BCUT2D eigenvalue weighted by atomic mass is 32.1. The van der Waals surface area contributed by atoms with Crippen LogP contribution in [-0.2, 0) is 16.1 Å². The Morgan fingerprint density at radius 3 is 2.96 bits per heavy atom. The quantitative estimate of drug-likeness (QED) is 0.716. The number of para-hydroxylation sites is 1. The van der Waals surface area contributed by atoms with Crippen molar-refractivity contribution in [2.45, 2.75) is 32.9 Å². The fourth-order valence-electron chi connectivity index (χ4n) is 2.22. The molecule has 126 valence electrons. The average molecular weight is 335 g/mol. The van der Waals surface area contributed by atoms with Gasteiger partial charge in [0.15, 0.2) is 0 Å². The molecule has 0 fully saturated rings. The first-order valence-electron chi connectivity index (χ1n) is 8.02. The maximum absolute atomic E-state index is 12.2. The molecule has 0 radical (unpaired) electrons. The van der Waals surface area contributed by atoms with E-state index in [0.29, 0.717) is 19.7 Å². The van der Waals surface area contributed by atoms with E-state index in [4.69, 9.17) is 4.74 Å². The van der Waals surface area contributed by atoms with Crippen molar-refractivity contribution in [2.75, 3.05) is 26.8 Å². The topological polar surface area (TPSA) is 54.5 Å². The van der Waals surface area contributed by atoms with Crippen LogP contribution in [-0.4, -0.2) is 48.6 Å². The first-order valence-corrected chi connectivity index (χ1v) is 8.83. The highest BCUT2D eigenvalue weighted by Crippen LogP contribution is 2.22. The van der Waals surface area contributed by atoms with Crippen molar-refractivity contribution in [3.8, 4) is 0 Å². The van der Waals surface area contributed by atoms with Crippen molar-refractivity contribution in [2.24, 2.45) is 0 Å². The predicted molar refractivity (Wildman–Crippen MR) is 94.7 cm³/mol. The summed E-state index contributed by atoms with van der Waals surface area (Å²) >= 11 is 1.68. The summed E-state index contributed by atoms with van der Waals surface area (Å²) in [5.41, 5.74) is 1.02. The molecule has 1 aromatic heterocycles. The van der Waals surface area contributed by atoms with E-state index in [-0.39, 0.29) is 11.9 Å². The molecule has 1 N–H and O–H groups in total.